The smallest absolute Gasteiger partial charge is 0.262 e. The van der Waals surface area contributed by atoms with Crippen molar-refractivity contribution in [3.05, 3.63) is 27.3 Å². The predicted octanol–water partition coefficient (Wildman–Crippen LogP) is 1.97. The van der Waals surface area contributed by atoms with Gasteiger partial charge < -0.3 is 19.2 Å². The average molecular weight is 306 g/mol. The number of aromatic nitrogens is 2. The molecule has 7 heteroatoms. The fourth-order valence-electron chi connectivity index (χ4n) is 2.80. The molecule has 21 heavy (non-hydrogen) atoms. The summed E-state index contributed by atoms with van der Waals surface area (Å²) in [6.45, 7) is 1.41. The summed E-state index contributed by atoms with van der Waals surface area (Å²) in [6.07, 6.45) is 2.05. The van der Waals surface area contributed by atoms with E-state index in [0.717, 1.165) is 19.4 Å². The maximum atomic E-state index is 12.7. The number of hydrogen-bond donors (Lipinski definition) is 1. The molecule has 4 rings (SSSR count). The van der Waals surface area contributed by atoms with Gasteiger partial charge in [-0.25, -0.2) is 0 Å². The molecule has 2 aliphatic rings. The first kappa shape index (κ1) is 12.8. The Hall–Kier alpha value is -1.86. The van der Waals surface area contributed by atoms with Crippen LogP contribution < -0.4 is 15.0 Å². The Bertz CT molecular complexity index is 820. The van der Waals surface area contributed by atoms with Crippen LogP contribution in [0.5, 0.6) is 11.5 Å². The van der Waals surface area contributed by atoms with E-state index in [0.29, 0.717) is 33.7 Å². The highest BCUT2D eigenvalue weighted by Gasteiger charge is 2.20. The van der Waals surface area contributed by atoms with E-state index in [-0.39, 0.29) is 18.5 Å². The van der Waals surface area contributed by atoms with E-state index in [1.807, 2.05) is 0 Å². The third-order valence-electron chi connectivity index (χ3n) is 3.89. The van der Waals surface area contributed by atoms with Crippen molar-refractivity contribution in [2.75, 3.05) is 13.4 Å². The summed E-state index contributed by atoms with van der Waals surface area (Å²) in [5.41, 5.74) is 0.542. The van der Waals surface area contributed by atoms with E-state index < -0.39 is 0 Å². The predicted molar refractivity (Wildman–Crippen MR) is 78.5 cm³/mol. The monoisotopic (exact) mass is 306 g/mol. The van der Waals surface area contributed by atoms with Crippen LogP contribution in [0.15, 0.2) is 16.9 Å². The molecule has 0 saturated carbocycles. The summed E-state index contributed by atoms with van der Waals surface area (Å²) in [6, 6.07) is 3.46. The second-order valence-corrected chi connectivity index (χ2v) is 5.62. The van der Waals surface area contributed by atoms with E-state index in [9.17, 15) is 4.79 Å². The van der Waals surface area contributed by atoms with Crippen molar-refractivity contribution in [1.29, 1.82) is 0 Å². The number of nitrogens with one attached hydrogen (secondary N) is 1. The van der Waals surface area contributed by atoms with E-state index >= 15 is 0 Å². The molecule has 0 unspecified atom stereocenters. The van der Waals surface area contributed by atoms with Gasteiger partial charge in [-0.05, 0) is 31.1 Å². The minimum absolute atomic E-state index is 0.0595. The summed E-state index contributed by atoms with van der Waals surface area (Å²) in [5.74, 6) is 1.22. The molecular weight excluding hydrogens is 292 g/mol. The molecule has 1 atom stereocenters. The maximum absolute atomic E-state index is 12.7. The highest BCUT2D eigenvalue weighted by atomic mass is 32.1. The molecule has 0 spiro atoms. The van der Waals surface area contributed by atoms with Gasteiger partial charge in [0.25, 0.3) is 5.56 Å². The number of ether oxygens (including phenoxy) is 3. The molecule has 1 aromatic carbocycles. The van der Waals surface area contributed by atoms with Crippen LogP contribution in [0.25, 0.3) is 10.9 Å². The quantitative estimate of drug-likeness (QED) is 0.859. The van der Waals surface area contributed by atoms with Crippen LogP contribution in [0.2, 0.25) is 0 Å². The molecule has 0 radical (unpaired) electrons. The maximum Gasteiger partial charge on any atom is 0.262 e. The third-order valence-corrected chi connectivity index (χ3v) is 4.21. The molecule has 0 amide bonds. The first-order valence-corrected chi connectivity index (χ1v) is 7.31. The Balaban J connectivity index is 1.86. The Morgan fingerprint density at radius 3 is 2.90 bits per heavy atom. The molecule has 2 aliphatic heterocycles. The molecule has 0 aliphatic carbocycles. The van der Waals surface area contributed by atoms with Crippen LogP contribution in [0.4, 0.5) is 0 Å². The number of aromatic amines is 1. The second-order valence-electron chi connectivity index (χ2n) is 5.23. The van der Waals surface area contributed by atoms with Crippen LogP contribution in [0, 0.1) is 4.77 Å². The lowest BCUT2D eigenvalue weighted by atomic mass is 10.2. The van der Waals surface area contributed by atoms with Crippen molar-refractivity contribution in [2.24, 2.45) is 0 Å². The van der Waals surface area contributed by atoms with Gasteiger partial charge in [0, 0.05) is 12.7 Å². The summed E-state index contributed by atoms with van der Waals surface area (Å²) < 4.78 is 18.2. The summed E-state index contributed by atoms with van der Waals surface area (Å²) in [4.78, 5) is 15.8. The highest BCUT2D eigenvalue weighted by molar-refractivity contribution is 7.71. The van der Waals surface area contributed by atoms with Gasteiger partial charge >= 0.3 is 0 Å². The fraction of sp³-hybridized carbons (Fsp3) is 0.429. The van der Waals surface area contributed by atoms with Gasteiger partial charge in [-0.15, -0.1) is 0 Å². The normalized spacial score (nSPS) is 20.3. The van der Waals surface area contributed by atoms with Crippen molar-refractivity contribution in [2.45, 2.75) is 25.5 Å². The largest absolute Gasteiger partial charge is 0.454 e. The van der Waals surface area contributed by atoms with Gasteiger partial charge in [0.15, 0.2) is 16.3 Å². The number of fused-ring (bicyclic) bond motifs is 2. The molecule has 1 aromatic heterocycles. The summed E-state index contributed by atoms with van der Waals surface area (Å²) in [7, 11) is 0. The van der Waals surface area contributed by atoms with Crippen LogP contribution in [0.3, 0.4) is 0 Å². The van der Waals surface area contributed by atoms with E-state index in [1.165, 1.54) is 0 Å². The zero-order chi connectivity index (χ0) is 14.4. The molecule has 0 bridgehead atoms. The third kappa shape index (κ3) is 2.13. The Kier molecular flexibility index (Phi) is 2.97. The Labute approximate surface area is 125 Å². The lowest BCUT2D eigenvalue weighted by molar-refractivity contribution is 0.0957. The number of H-pyrrole nitrogens is 1. The number of rotatable bonds is 2. The lowest BCUT2D eigenvalue weighted by Gasteiger charge is -2.13. The number of benzene rings is 1. The molecule has 1 saturated heterocycles. The van der Waals surface area contributed by atoms with Gasteiger partial charge in [-0.3, -0.25) is 9.36 Å². The topological polar surface area (TPSA) is 65.5 Å². The van der Waals surface area contributed by atoms with Gasteiger partial charge in [-0.2, -0.15) is 0 Å². The minimum Gasteiger partial charge on any atom is -0.454 e. The van der Waals surface area contributed by atoms with Crippen molar-refractivity contribution in [3.8, 4) is 11.5 Å². The molecule has 3 heterocycles. The molecule has 1 fully saturated rings. The Morgan fingerprint density at radius 1 is 1.33 bits per heavy atom. The lowest BCUT2D eigenvalue weighted by Crippen LogP contribution is -2.27. The zero-order valence-electron chi connectivity index (χ0n) is 11.3. The van der Waals surface area contributed by atoms with Crippen LogP contribution >= 0.6 is 12.2 Å². The van der Waals surface area contributed by atoms with Crippen molar-refractivity contribution >= 4 is 23.1 Å². The fourth-order valence-corrected chi connectivity index (χ4v) is 3.07. The number of hydrogen-bond acceptors (Lipinski definition) is 5. The SMILES string of the molecule is O=c1c2cc3c(cc2[nH]c(=S)n1C[C@@H]1CCCO1)OCO3. The summed E-state index contributed by atoms with van der Waals surface area (Å²) in [5, 5.41) is 0.547. The van der Waals surface area contributed by atoms with Crippen LogP contribution in [-0.4, -0.2) is 29.1 Å². The van der Waals surface area contributed by atoms with Crippen LogP contribution in [-0.2, 0) is 11.3 Å². The van der Waals surface area contributed by atoms with Crippen molar-refractivity contribution in [1.82, 2.24) is 9.55 Å². The van der Waals surface area contributed by atoms with Crippen molar-refractivity contribution < 1.29 is 14.2 Å². The standard InChI is InChI=1S/C14H14N2O4S/c17-13-9-4-11-12(20-7-19-11)5-10(9)15-14(21)16(13)6-8-2-1-3-18-8/h4-5,8H,1-3,6-7H2,(H,15,21)/t8-/m0/s1. The zero-order valence-corrected chi connectivity index (χ0v) is 12.1. The van der Waals surface area contributed by atoms with E-state index in [1.54, 1.807) is 16.7 Å². The second kappa shape index (κ2) is 4.85. The van der Waals surface area contributed by atoms with Crippen LogP contribution in [0.1, 0.15) is 12.8 Å². The Morgan fingerprint density at radius 2 is 2.14 bits per heavy atom. The minimum atomic E-state index is -0.123. The van der Waals surface area contributed by atoms with Crippen molar-refractivity contribution in [3.63, 3.8) is 0 Å². The number of nitrogens with zero attached hydrogens (tertiary/aromatic N) is 1. The average Bonchev–Trinajstić information content (AvgIpc) is 3.12. The van der Waals surface area contributed by atoms with Gasteiger partial charge in [0.2, 0.25) is 6.79 Å². The first-order valence-electron chi connectivity index (χ1n) is 6.90. The van der Waals surface area contributed by atoms with Gasteiger partial charge in [0.1, 0.15) is 0 Å². The highest BCUT2D eigenvalue weighted by Crippen LogP contribution is 2.34. The molecular formula is C14H14N2O4S. The van der Waals surface area contributed by atoms with E-state index in [2.05, 4.69) is 4.98 Å². The molecule has 110 valence electrons. The first-order chi connectivity index (χ1) is 10.2. The van der Waals surface area contributed by atoms with Gasteiger partial charge in [0.05, 0.1) is 23.6 Å². The molecule has 6 nitrogen and oxygen atoms in total. The van der Waals surface area contributed by atoms with E-state index in [4.69, 9.17) is 26.4 Å². The summed E-state index contributed by atoms with van der Waals surface area (Å²) >= 11 is 5.31. The molecule has 1 N–H and O–H groups in total. The van der Waals surface area contributed by atoms with Gasteiger partial charge in [-0.1, -0.05) is 0 Å². The molecule has 2 aromatic rings.